The van der Waals surface area contributed by atoms with E-state index in [9.17, 15) is 0 Å². The highest BCUT2D eigenvalue weighted by atomic mass is 28.1. The van der Waals surface area contributed by atoms with Crippen molar-refractivity contribution in [1.82, 2.24) is 0 Å². The van der Waals surface area contributed by atoms with Crippen LogP contribution in [0.2, 0.25) is 0 Å². The molecule has 0 heterocycles. The molecule has 0 atom stereocenters. The first kappa shape index (κ1) is 10.7. The minimum absolute atomic E-state index is 0. The van der Waals surface area contributed by atoms with E-state index < -0.39 is 0 Å². The standard InChI is InChI=1S/C13H12.H4Si/c1-11-7-5-6-10-13(11)12-8-3-2-4-9-12;/h2-10H,1H3;1H4. The molecule has 2 rings (SSSR count). The third kappa shape index (κ3) is 2.12. The fourth-order valence-electron chi connectivity index (χ4n) is 1.51. The molecule has 2 aromatic rings. The Hall–Kier alpha value is -1.34. The van der Waals surface area contributed by atoms with Gasteiger partial charge in [0.2, 0.25) is 0 Å². The lowest BCUT2D eigenvalue weighted by molar-refractivity contribution is 1.46. The molecular formula is C13H16Si. The highest BCUT2D eigenvalue weighted by Crippen LogP contribution is 2.21. The third-order valence-electron chi connectivity index (χ3n) is 2.23. The van der Waals surface area contributed by atoms with Crippen LogP contribution in [0.15, 0.2) is 54.6 Å². The Morgan fingerprint density at radius 3 is 1.93 bits per heavy atom. The molecule has 0 radical (unpaired) electrons. The summed E-state index contributed by atoms with van der Waals surface area (Å²) >= 11 is 0. The van der Waals surface area contributed by atoms with E-state index in [1.165, 1.54) is 16.7 Å². The van der Waals surface area contributed by atoms with Crippen LogP contribution < -0.4 is 0 Å². The monoisotopic (exact) mass is 200 g/mol. The van der Waals surface area contributed by atoms with Gasteiger partial charge in [-0.1, -0.05) is 54.6 Å². The van der Waals surface area contributed by atoms with Crippen LogP contribution in [-0.4, -0.2) is 11.0 Å². The second-order valence-electron chi connectivity index (χ2n) is 3.18. The van der Waals surface area contributed by atoms with E-state index in [-0.39, 0.29) is 11.0 Å². The Balaban J connectivity index is 0.000000980. The van der Waals surface area contributed by atoms with Crippen molar-refractivity contribution in [2.45, 2.75) is 6.92 Å². The molecule has 0 amide bonds. The van der Waals surface area contributed by atoms with Crippen LogP contribution in [0.3, 0.4) is 0 Å². The van der Waals surface area contributed by atoms with E-state index in [0.717, 1.165) is 0 Å². The Morgan fingerprint density at radius 2 is 1.29 bits per heavy atom. The van der Waals surface area contributed by atoms with Gasteiger partial charge in [-0.3, -0.25) is 0 Å². The lowest BCUT2D eigenvalue weighted by Crippen LogP contribution is -1.80. The zero-order valence-electron chi connectivity index (χ0n) is 7.70. The molecule has 0 nitrogen and oxygen atoms in total. The second-order valence-corrected chi connectivity index (χ2v) is 3.18. The number of rotatable bonds is 1. The van der Waals surface area contributed by atoms with Gasteiger partial charge < -0.3 is 0 Å². The van der Waals surface area contributed by atoms with E-state index in [2.05, 4.69) is 55.5 Å². The zero-order valence-corrected chi connectivity index (χ0v) is 7.70. The van der Waals surface area contributed by atoms with E-state index in [1.54, 1.807) is 0 Å². The first-order chi connectivity index (χ1) is 6.38. The maximum absolute atomic E-state index is 2.16. The summed E-state index contributed by atoms with van der Waals surface area (Å²) < 4.78 is 0. The Morgan fingerprint density at radius 1 is 0.714 bits per heavy atom. The van der Waals surface area contributed by atoms with Crippen molar-refractivity contribution in [1.29, 1.82) is 0 Å². The van der Waals surface area contributed by atoms with E-state index in [4.69, 9.17) is 0 Å². The highest BCUT2D eigenvalue weighted by molar-refractivity contribution is 5.75. The molecule has 0 fully saturated rings. The van der Waals surface area contributed by atoms with Gasteiger partial charge in [0.1, 0.15) is 0 Å². The Labute approximate surface area is 89.6 Å². The van der Waals surface area contributed by atoms with Crippen LogP contribution in [-0.2, 0) is 0 Å². The topological polar surface area (TPSA) is 0 Å². The Kier molecular flexibility index (Phi) is 3.66. The van der Waals surface area contributed by atoms with Gasteiger partial charge in [-0.2, -0.15) is 0 Å². The molecule has 14 heavy (non-hydrogen) atoms. The average Bonchev–Trinajstić information content (AvgIpc) is 2.20. The number of benzene rings is 2. The minimum Gasteiger partial charge on any atom is -0.0622 e. The summed E-state index contributed by atoms with van der Waals surface area (Å²) in [4.78, 5) is 0. The van der Waals surface area contributed by atoms with Crippen molar-refractivity contribution < 1.29 is 0 Å². The van der Waals surface area contributed by atoms with Crippen LogP contribution in [0.4, 0.5) is 0 Å². The molecule has 0 aromatic heterocycles. The fourth-order valence-corrected chi connectivity index (χ4v) is 1.51. The van der Waals surface area contributed by atoms with Gasteiger partial charge in [-0.15, -0.1) is 0 Å². The number of aryl methyl sites for hydroxylation is 1. The summed E-state index contributed by atoms with van der Waals surface area (Å²) in [6, 6.07) is 18.9. The highest BCUT2D eigenvalue weighted by Gasteiger charge is 1.97. The number of hydrogen-bond donors (Lipinski definition) is 0. The lowest BCUT2D eigenvalue weighted by Gasteiger charge is -2.04. The smallest absolute Gasteiger partial charge is 0.0149 e. The minimum atomic E-state index is 0. The van der Waals surface area contributed by atoms with Gasteiger partial charge in [-0.05, 0) is 34.6 Å². The molecule has 0 spiro atoms. The molecule has 0 aliphatic carbocycles. The summed E-state index contributed by atoms with van der Waals surface area (Å²) in [7, 11) is 0. The lowest BCUT2D eigenvalue weighted by atomic mass is 10.0. The molecule has 2 aromatic carbocycles. The van der Waals surface area contributed by atoms with Crippen molar-refractivity contribution in [3.05, 3.63) is 60.2 Å². The summed E-state index contributed by atoms with van der Waals surface area (Å²) in [5, 5.41) is 0. The predicted octanol–water partition coefficient (Wildman–Crippen LogP) is 2.21. The molecule has 0 aliphatic heterocycles. The van der Waals surface area contributed by atoms with Gasteiger partial charge in [0.05, 0.1) is 0 Å². The molecule has 1 heteroatoms. The summed E-state index contributed by atoms with van der Waals surface area (Å²) in [6.45, 7) is 2.14. The van der Waals surface area contributed by atoms with Gasteiger partial charge >= 0.3 is 0 Å². The van der Waals surface area contributed by atoms with Crippen molar-refractivity contribution in [2.75, 3.05) is 0 Å². The molecule has 0 unspecified atom stereocenters. The second kappa shape index (κ2) is 4.77. The van der Waals surface area contributed by atoms with Crippen LogP contribution in [0.5, 0.6) is 0 Å². The summed E-state index contributed by atoms with van der Waals surface area (Å²) in [6.07, 6.45) is 0. The molecule has 0 aliphatic rings. The van der Waals surface area contributed by atoms with E-state index >= 15 is 0 Å². The van der Waals surface area contributed by atoms with Gasteiger partial charge in [0.15, 0.2) is 0 Å². The first-order valence-corrected chi connectivity index (χ1v) is 4.49. The van der Waals surface area contributed by atoms with Gasteiger partial charge in [0, 0.05) is 0 Å². The predicted molar refractivity (Wildman–Crippen MR) is 67.9 cm³/mol. The molecule has 0 saturated heterocycles. The Bertz CT molecular complexity index is 393. The fraction of sp³-hybridized carbons (Fsp3) is 0.0769. The van der Waals surface area contributed by atoms with Gasteiger partial charge in [-0.25, -0.2) is 0 Å². The maximum Gasteiger partial charge on any atom is -0.0149 e. The molecule has 0 N–H and O–H groups in total. The van der Waals surface area contributed by atoms with Crippen molar-refractivity contribution in [3.8, 4) is 11.1 Å². The molecule has 0 bridgehead atoms. The van der Waals surface area contributed by atoms with E-state index in [1.807, 2.05) is 6.07 Å². The van der Waals surface area contributed by atoms with Gasteiger partial charge in [0.25, 0.3) is 0 Å². The quantitative estimate of drug-likeness (QED) is 0.619. The van der Waals surface area contributed by atoms with Crippen molar-refractivity contribution >= 4 is 11.0 Å². The summed E-state index contributed by atoms with van der Waals surface area (Å²) in [5.74, 6) is 0. The number of hydrogen-bond acceptors (Lipinski definition) is 0. The normalized spacial score (nSPS) is 9.21. The van der Waals surface area contributed by atoms with Crippen LogP contribution in [0.1, 0.15) is 5.56 Å². The van der Waals surface area contributed by atoms with Crippen LogP contribution in [0, 0.1) is 6.92 Å². The molecule has 72 valence electrons. The van der Waals surface area contributed by atoms with Crippen molar-refractivity contribution in [2.24, 2.45) is 0 Å². The SMILES string of the molecule is Cc1ccccc1-c1ccccc1.[SiH4]. The maximum atomic E-state index is 2.16. The van der Waals surface area contributed by atoms with Crippen LogP contribution in [0.25, 0.3) is 11.1 Å². The zero-order chi connectivity index (χ0) is 9.10. The van der Waals surface area contributed by atoms with Crippen molar-refractivity contribution in [3.63, 3.8) is 0 Å². The summed E-state index contributed by atoms with van der Waals surface area (Å²) in [5.41, 5.74) is 3.94. The average molecular weight is 200 g/mol. The molecular weight excluding hydrogens is 184 g/mol. The largest absolute Gasteiger partial charge is 0.0622 e. The van der Waals surface area contributed by atoms with E-state index in [0.29, 0.717) is 0 Å². The first-order valence-electron chi connectivity index (χ1n) is 4.49. The van der Waals surface area contributed by atoms with Crippen LogP contribution >= 0.6 is 0 Å². The third-order valence-corrected chi connectivity index (χ3v) is 2.23. The molecule has 0 saturated carbocycles.